The average Bonchev–Trinajstić information content (AvgIpc) is 3.36. The fourth-order valence-corrected chi connectivity index (χ4v) is 7.13. The number of rotatable bonds is 9. The van der Waals surface area contributed by atoms with Crippen molar-refractivity contribution in [2.24, 2.45) is 17.3 Å². The van der Waals surface area contributed by atoms with Crippen molar-refractivity contribution < 1.29 is 0 Å². The molecular formula is C47H68. The summed E-state index contributed by atoms with van der Waals surface area (Å²) in [5.74, 6) is 1.57. The molecule has 1 aromatic rings. The Balaban J connectivity index is 0.000000756. The molecule has 0 saturated heterocycles. The Kier molecular flexibility index (Phi) is 15.3. The van der Waals surface area contributed by atoms with Crippen LogP contribution in [0, 0.1) is 17.3 Å². The fourth-order valence-electron chi connectivity index (χ4n) is 7.13. The molecular weight excluding hydrogens is 565 g/mol. The van der Waals surface area contributed by atoms with Gasteiger partial charge in [-0.3, -0.25) is 0 Å². The minimum atomic E-state index is 0.328. The molecule has 0 spiro atoms. The van der Waals surface area contributed by atoms with E-state index in [0.29, 0.717) is 23.2 Å². The number of hydrogen-bond acceptors (Lipinski definition) is 0. The van der Waals surface area contributed by atoms with E-state index in [1.165, 1.54) is 120 Å². The van der Waals surface area contributed by atoms with Gasteiger partial charge >= 0.3 is 0 Å². The lowest BCUT2D eigenvalue weighted by molar-refractivity contribution is 0.215. The Hall–Kier alpha value is -2.86. The SMILES string of the molecule is C1CCCCCC1.C=C1CCC(C(C)(C)C)C/C1=C/C(/C=C(\C)C(=C)C[C@H](CCC)c1ccc(C2=CC(C)C(=C)C=C2)cc1)=C(C)C. The molecule has 0 N–H and O–H groups in total. The standard InChI is InChI=1S/C40H54.C7H14/c1-12-13-35(33-17-19-34(20-18-33)36-16-14-28(4)30(6)22-36)23-31(7)32(8)24-37(27(2)3)25-38-26-39(40(9,10)11)21-15-29(38)5;1-2-4-6-7-5-3-1/h14,16-20,22,24-25,30,35,39H,4-5,7,12-13,15,21,23,26H2,1-3,6,8-11H3;1-7H2/b32-24+,38-25-;/t30?,35-,39?;/m0./s1. The van der Waals surface area contributed by atoms with Crippen LogP contribution in [0.2, 0.25) is 0 Å². The van der Waals surface area contributed by atoms with Crippen molar-refractivity contribution in [3.05, 3.63) is 125 Å². The van der Waals surface area contributed by atoms with E-state index in [4.69, 9.17) is 0 Å². The number of benzene rings is 1. The van der Waals surface area contributed by atoms with Gasteiger partial charge in [0.25, 0.3) is 0 Å². The van der Waals surface area contributed by atoms with E-state index in [1.54, 1.807) is 0 Å². The van der Waals surface area contributed by atoms with Crippen molar-refractivity contribution in [1.29, 1.82) is 0 Å². The minimum Gasteiger partial charge on any atom is -0.0956 e. The highest BCUT2D eigenvalue weighted by Gasteiger charge is 2.29. The molecule has 3 aliphatic rings. The van der Waals surface area contributed by atoms with Gasteiger partial charge in [0.1, 0.15) is 0 Å². The fraction of sp³-hybridized carbons (Fsp3) is 0.532. The Morgan fingerprint density at radius 2 is 1.51 bits per heavy atom. The normalized spacial score (nSPS) is 22.2. The maximum atomic E-state index is 4.57. The van der Waals surface area contributed by atoms with Gasteiger partial charge in [-0.1, -0.05) is 177 Å². The highest BCUT2D eigenvalue weighted by atomic mass is 14.3. The summed E-state index contributed by atoms with van der Waals surface area (Å²) in [7, 11) is 0. The van der Waals surface area contributed by atoms with Crippen molar-refractivity contribution in [3.63, 3.8) is 0 Å². The lowest BCUT2D eigenvalue weighted by Gasteiger charge is -2.36. The van der Waals surface area contributed by atoms with E-state index in [2.05, 4.69) is 130 Å². The molecule has 2 fully saturated rings. The van der Waals surface area contributed by atoms with Crippen molar-refractivity contribution in [2.75, 3.05) is 0 Å². The first kappa shape index (κ1) is 38.6. The minimum absolute atomic E-state index is 0.328. The summed E-state index contributed by atoms with van der Waals surface area (Å²) in [5.41, 5.74) is 13.4. The lowest BCUT2D eigenvalue weighted by atomic mass is 9.69. The summed E-state index contributed by atoms with van der Waals surface area (Å²) in [4.78, 5) is 0. The third-order valence-corrected chi connectivity index (χ3v) is 10.9. The summed E-state index contributed by atoms with van der Waals surface area (Å²) in [5, 5.41) is 0. The summed E-state index contributed by atoms with van der Waals surface area (Å²) in [6.45, 7) is 31.5. The number of hydrogen-bond donors (Lipinski definition) is 0. The zero-order valence-electron chi connectivity index (χ0n) is 31.7. The van der Waals surface area contributed by atoms with Gasteiger partial charge in [0, 0.05) is 0 Å². The third-order valence-electron chi connectivity index (χ3n) is 10.9. The molecule has 0 aromatic heterocycles. The van der Waals surface area contributed by atoms with Gasteiger partial charge in [0.15, 0.2) is 0 Å². The maximum Gasteiger partial charge on any atom is -0.000709 e. The second kappa shape index (κ2) is 18.6. The summed E-state index contributed by atoms with van der Waals surface area (Å²) < 4.78 is 0. The second-order valence-electron chi connectivity index (χ2n) is 16.1. The van der Waals surface area contributed by atoms with Crippen LogP contribution in [0.15, 0.2) is 113 Å². The van der Waals surface area contributed by atoms with Crippen LogP contribution >= 0.6 is 0 Å². The molecule has 0 bridgehead atoms. The van der Waals surface area contributed by atoms with E-state index in [-0.39, 0.29) is 0 Å². The molecule has 2 saturated carbocycles. The topological polar surface area (TPSA) is 0 Å². The van der Waals surface area contributed by atoms with Crippen LogP contribution in [-0.2, 0) is 0 Å². The van der Waals surface area contributed by atoms with E-state index < -0.39 is 0 Å². The molecule has 0 radical (unpaired) electrons. The first-order valence-electron chi connectivity index (χ1n) is 18.9. The first-order valence-corrected chi connectivity index (χ1v) is 18.9. The monoisotopic (exact) mass is 633 g/mol. The van der Waals surface area contributed by atoms with Crippen LogP contribution in [0.5, 0.6) is 0 Å². The van der Waals surface area contributed by atoms with Crippen LogP contribution in [0.1, 0.15) is 156 Å². The van der Waals surface area contributed by atoms with Gasteiger partial charge in [-0.2, -0.15) is 0 Å². The Morgan fingerprint density at radius 1 is 0.915 bits per heavy atom. The van der Waals surface area contributed by atoms with Gasteiger partial charge in [-0.15, -0.1) is 0 Å². The van der Waals surface area contributed by atoms with Crippen molar-refractivity contribution in [1.82, 2.24) is 0 Å². The number of allylic oxidation sites excluding steroid dienone is 13. The molecule has 3 aliphatic carbocycles. The zero-order chi connectivity index (χ0) is 34.6. The van der Waals surface area contributed by atoms with E-state index in [1.807, 2.05) is 0 Å². The quantitative estimate of drug-likeness (QED) is 0.188. The van der Waals surface area contributed by atoms with Crippen LogP contribution in [-0.4, -0.2) is 0 Å². The lowest BCUT2D eigenvalue weighted by Crippen LogP contribution is -2.24. The molecule has 0 heteroatoms. The Morgan fingerprint density at radius 3 is 2.02 bits per heavy atom. The van der Waals surface area contributed by atoms with Crippen molar-refractivity contribution in [3.8, 4) is 0 Å². The molecule has 4 rings (SSSR count). The van der Waals surface area contributed by atoms with Gasteiger partial charge in [0.05, 0.1) is 0 Å². The van der Waals surface area contributed by atoms with Crippen molar-refractivity contribution >= 4 is 5.57 Å². The highest BCUT2D eigenvalue weighted by Crippen LogP contribution is 2.42. The van der Waals surface area contributed by atoms with Crippen LogP contribution in [0.3, 0.4) is 0 Å². The van der Waals surface area contributed by atoms with Gasteiger partial charge in [-0.05, 0) is 115 Å². The molecule has 0 aliphatic heterocycles. The third kappa shape index (κ3) is 12.3. The summed E-state index contributed by atoms with van der Waals surface area (Å²) >= 11 is 0. The maximum absolute atomic E-state index is 4.57. The van der Waals surface area contributed by atoms with Crippen LogP contribution < -0.4 is 0 Å². The molecule has 0 amide bonds. The zero-order valence-corrected chi connectivity index (χ0v) is 31.7. The van der Waals surface area contributed by atoms with Gasteiger partial charge in [-0.25, -0.2) is 0 Å². The smallest absolute Gasteiger partial charge is 0.000709 e. The Labute approximate surface area is 291 Å². The Bertz CT molecular complexity index is 1350. The average molecular weight is 633 g/mol. The van der Waals surface area contributed by atoms with E-state index >= 15 is 0 Å². The van der Waals surface area contributed by atoms with E-state index in [0.717, 1.165) is 19.3 Å². The summed E-state index contributed by atoms with van der Waals surface area (Å²) in [6.07, 6.45) is 28.7. The molecule has 47 heavy (non-hydrogen) atoms. The molecule has 0 heterocycles. The van der Waals surface area contributed by atoms with Crippen LogP contribution in [0.4, 0.5) is 0 Å². The van der Waals surface area contributed by atoms with Gasteiger partial charge < -0.3 is 0 Å². The predicted molar refractivity (Wildman–Crippen MR) is 212 cm³/mol. The summed E-state index contributed by atoms with van der Waals surface area (Å²) in [6, 6.07) is 9.24. The van der Waals surface area contributed by atoms with E-state index in [9.17, 15) is 0 Å². The molecule has 2 unspecified atom stereocenters. The molecule has 256 valence electrons. The first-order chi connectivity index (χ1) is 22.3. The van der Waals surface area contributed by atoms with Gasteiger partial charge in [0.2, 0.25) is 0 Å². The highest BCUT2D eigenvalue weighted by molar-refractivity contribution is 5.76. The molecule has 0 nitrogen and oxygen atoms in total. The largest absolute Gasteiger partial charge is 0.0956 e. The predicted octanol–water partition coefficient (Wildman–Crippen LogP) is 15.0. The molecule has 3 atom stereocenters. The van der Waals surface area contributed by atoms with Crippen LogP contribution in [0.25, 0.3) is 5.57 Å². The molecule has 1 aromatic carbocycles. The second-order valence-corrected chi connectivity index (χ2v) is 16.1. The van der Waals surface area contributed by atoms with Crippen molar-refractivity contribution in [2.45, 2.75) is 145 Å².